The highest BCUT2D eigenvalue weighted by molar-refractivity contribution is 5.70. The van der Waals surface area contributed by atoms with Crippen LogP contribution in [-0.2, 0) is 11.3 Å². The van der Waals surface area contributed by atoms with Crippen LogP contribution < -0.4 is 0 Å². The Morgan fingerprint density at radius 2 is 1.79 bits per heavy atom. The number of hydrogen-bond acceptors (Lipinski definition) is 2. The summed E-state index contributed by atoms with van der Waals surface area (Å²) in [6.07, 6.45) is 0.672. The molecule has 0 bridgehead atoms. The first-order valence-corrected chi connectivity index (χ1v) is 6.83. The fourth-order valence-corrected chi connectivity index (χ4v) is 2.30. The Hall–Kier alpha value is -1.35. The molecule has 0 spiro atoms. The molecule has 1 aromatic carbocycles. The van der Waals surface area contributed by atoms with Crippen molar-refractivity contribution in [3.63, 3.8) is 0 Å². The minimum absolute atomic E-state index is 0.281. The Morgan fingerprint density at radius 3 is 2.32 bits per heavy atom. The van der Waals surface area contributed by atoms with Crippen molar-refractivity contribution < 1.29 is 9.90 Å². The summed E-state index contributed by atoms with van der Waals surface area (Å²) in [7, 11) is 1.99. The molecule has 0 saturated heterocycles. The molecule has 3 nitrogen and oxygen atoms in total. The van der Waals surface area contributed by atoms with E-state index < -0.39 is 5.97 Å². The summed E-state index contributed by atoms with van der Waals surface area (Å²) < 4.78 is 0. The molecular weight excluding hydrogens is 238 g/mol. The summed E-state index contributed by atoms with van der Waals surface area (Å²) in [4.78, 5) is 13.2. The van der Waals surface area contributed by atoms with E-state index in [2.05, 4.69) is 37.8 Å². The first kappa shape index (κ1) is 15.7. The van der Waals surface area contributed by atoms with Crippen LogP contribution in [0.2, 0.25) is 0 Å². The molecule has 19 heavy (non-hydrogen) atoms. The zero-order chi connectivity index (χ0) is 14.6. The van der Waals surface area contributed by atoms with Crippen molar-refractivity contribution >= 4 is 5.97 Å². The van der Waals surface area contributed by atoms with Crippen LogP contribution in [0.4, 0.5) is 0 Å². The third-order valence-electron chi connectivity index (χ3n) is 3.77. The van der Waals surface area contributed by atoms with E-state index >= 15 is 0 Å². The lowest BCUT2D eigenvalue weighted by Crippen LogP contribution is -2.30. The largest absolute Gasteiger partial charge is 0.481 e. The molecule has 1 rings (SSSR count). The number of benzene rings is 1. The quantitative estimate of drug-likeness (QED) is 0.857. The van der Waals surface area contributed by atoms with Gasteiger partial charge in [-0.1, -0.05) is 19.1 Å². The average molecular weight is 263 g/mol. The van der Waals surface area contributed by atoms with Gasteiger partial charge in [-0.05, 0) is 56.5 Å². The number of aryl methyl sites for hydroxylation is 3. The number of aliphatic carboxylic acids is 1. The van der Waals surface area contributed by atoms with Crippen molar-refractivity contribution in [2.24, 2.45) is 5.92 Å². The van der Waals surface area contributed by atoms with E-state index in [4.69, 9.17) is 5.11 Å². The molecule has 3 heteroatoms. The van der Waals surface area contributed by atoms with E-state index in [1.165, 1.54) is 22.3 Å². The molecule has 0 radical (unpaired) electrons. The van der Waals surface area contributed by atoms with Gasteiger partial charge in [-0.25, -0.2) is 0 Å². The van der Waals surface area contributed by atoms with Crippen molar-refractivity contribution in [3.8, 4) is 0 Å². The first-order chi connectivity index (χ1) is 8.85. The van der Waals surface area contributed by atoms with Crippen LogP contribution in [-0.4, -0.2) is 29.6 Å². The minimum Gasteiger partial charge on any atom is -0.481 e. The normalized spacial score (nSPS) is 12.7. The van der Waals surface area contributed by atoms with Gasteiger partial charge >= 0.3 is 5.97 Å². The van der Waals surface area contributed by atoms with Crippen molar-refractivity contribution in [2.45, 2.75) is 40.7 Å². The lowest BCUT2D eigenvalue weighted by atomic mass is 10.00. The molecule has 0 aliphatic heterocycles. The van der Waals surface area contributed by atoms with Crippen molar-refractivity contribution in [1.29, 1.82) is 0 Å². The van der Waals surface area contributed by atoms with Gasteiger partial charge in [0, 0.05) is 13.1 Å². The molecule has 0 aliphatic carbocycles. The van der Waals surface area contributed by atoms with E-state index in [1.54, 1.807) is 0 Å². The lowest BCUT2D eigenvalue weighted by Gasteiger charge is -2.22. The summed E-state index contributed by atoms with van der Waals surface area (Å²) >= 11 is 0. The van der Waals surface area contributed by atoms with Gasteiger partial charge in [-0.3, -0.25) is 4.79 Å². The Kier molecular flexibility index (Phi) is 5.55. The van der Waals surface area contributed by atoms with E-state index in [1.807, 2.05) is 14.0 Å². The molecule has 0 aromatic heterocycles. The van der Waals surface area contributed by atoms with Crippen molar-refractivity contribution in [2.75, 3.05) is 13.6 Å². The molecule has 106 valence electrons. The van der Waals surface area contributed by atoms with Crippen LogP contribution in [0.15, 0.2) is 12.1 Å². The van der Waals surface area contributed by atoms with Gasteiger partial charge in [0.25, 0.3) is 0 Å². The molecule has 1 N–H and O–H groups in total. The fourth-order valence-electron chi connectivity index (χ4n) is 2.30. The third-order valence-corrected chi connectivity index (χ3v) is 3.77. The van der Waals surface area contributed by atoms with E-state index in [9.17, 15) is 4.79 Å². The molecule has 1 aromatic rings. The number of nitrogens with zero attached hydrogens (tertiary/aromatic N) is 1. The maximum atomic E-state index is 11.1. The molecule has 0 amide bonds. The standard InChI is InChI=1S/C16H25NO2/c1-6-14(16(18)19)9-17(5)10-15-8-12(3)11(2)7-13(15)4/h7-8,14H,6,9-10H2,1-5H3,(H,18,19). The third kappa shape index (κ3) is 4.35. The fraction of sp³-hybridized carbons (Fsp3) is 0.562. The highest BCUT2D eigenvalue weighted by Gasteiger charge is 2.17. The summed E-state index contributed by atoms with van der Waals surface area (Å²) in [6, 6.07) is 4.41. The summed E-state index contributed by atoms with van der Waals surface area (Å²) in [5.41, 5.74) is 5.16. The predicted molar refractivity (Wildman–Crippen MR) is 78.4 cm³/mol. The predicted octanol–water partition coefficient (Wildman–Crippen LogP) is 3.15. The average Bonchev–Trinajstić information content (AvgIpc) is 2.32. The van der Waals surface area contributed by atoms with E-state index in [0.29, 0.717) is 13.0 Å². The van der Waals surface area contributed by atoms with Crippen molar-refractivity contribution in [1.82, 2.24) is 4.90 Å². The van der Waals surface area contributed by atoms with Crippen LogP contribution in [0.25, 0.3) is 0 Å². The van der Waals surface area contributed by atoms with Crippen LogP contribution in [0.1, 0.15) is 35.6 Å². The zero-order valence-electron chi connectivity index (χ0n) is 12.7. The molecule has 1 atom stereocenters. The second kappa shape index (κ2) is 6.71. The summed E-state index contributed by atoms with van der Waals surface area (Å²) in [5.74, 6) is -0.983. The molecule has 0 fully saturated rings. The van der Waals surface area contributed by atoms with Crippen molar-refractivity contribution in [3.05, 3.63) is 34.4 Å². The smallest absolute Gasteiger partial charge is 0.307 e. The van der Waals surface area contributed by atoms with Gasteiger partial charge in [0.15, 0.2) is 0 Å². The molecule has 1 unspecified atom stereocenters. The van der Waals surface area contributed by atoms with Gasteiger partial charge in [-0.15, -0.1) is 0 Å². The zero-order valence-corrected chi connectivity index (χ0v) is 12.7. The Labute approximate surface area is 116 Å². The van der Waals surface area contributed by atoms with Gasteiger partial charge < -0.3 is 10.0 Å². The first-order valence-electron chi connectivity index (χ1n) is 6.83. The maximum Gasteiger partial charge on any atom is 0.307 e. The SMILES string of the molecule is CCC(CN(C)Cc1cc(C)c(C)cc1C)C(=O)O. The van der Waals surface area contributed by atoms with Crippen LogP contribution >= 0.6 is 0 Å². The van der Waals surface area contributed by atoms with E-state index in [-0.39, 0.29) is 5.92 Å². The maximum absolute atomic E-state index is 11.1. The number of carboxylic acids is 1. The van der Waals surface area contributed by atoms with Gasteiger partial charge in [0.05, 0.1) is 5.92 Å². The monoisotopic (exact) mass is 263 g/mol. The number of rotatable bonds is 6. The topological polar surface area (TPSA) is 40.5 Å². The summed E-state index contributed by atoms with van der Waals surface area (Å²) in [6.45, 7) is 9.67. The second-order valence-electron chi connectivity index (χ2n) is 5.50. The second-order valence-corrected chi connectivity index (χ2v) is 5.50. The van der Waals surface area contributed by atoms with Crippen LogP contribution in [0.5, 0.6) is 0 Å². The van der Waals surface area contributed by atoms with Gasteiger partial charge in [0.1, 0.15) is 0 Å². The van der Waals surface area contributed by atoms with E-state index in [0.717, 1.165) is 6.54 Å². The molecule has 0 heterocycles. The van der Waals surface area contributed by atoms with Crippen LogP contribution in [0, 0.1) is 26.7 Å². The lowest BCUT2D eigenvalue weighted by molar-refractivity contribution is -0.142. The summed E-state index contributed by atoms with van der Waals surface area (Å²) in [5, 5.41) is 9.10. The highest BCUT2D eigenvalue weighted by atomic mass is 16.4. The van der Waals surface area contributed by atoms with Crippen LogP contribution in [0.3, 0.4) is 0 Å². The number of hydrogen-bond donors (Lipinski definition) is 1. The Bertz CT molecular complexity index is 454. The number of carbonyl (C=O) groups is 1. The Morgan fingerprint density at radius 1 is 1.21 bits per heavy atom. The molecule has 0 saturated carbocycles. The minimum atomic E-state index is -0.703. The molecule has 0 aliphatic rings. The Balaban J connectivity index is 2.74. The molecular formula is C16H25NO2. The number of carboxylic acid groups (broad SMARTS) is 1. The van der Waals surface area contributed by atoms with Gasteiger partial charge in [0.2, 0.25) is 0 Å². The highest BCUT2D eigenvalue weighted by Crippen LogP contribution is 2.17. The van der Waals surface area contributed by atoms with Gasteiger partial charge in [-0.2, -0.15) is 0 Å².